The molecule has 0 aliphatic carbocycles. The van der Waals surface area contributed by atoms with Crippen LogP contribution < -0.4 is 9.64 Å². The maximum Gasteiger partial charge on any atom is 0.265 e. The summed E-state index contributed by atoms with van der Waals surface area (Å²) in [6.07, 6.45) is 2.60. The highest BCUT2D eigenvalue weighted by atomic mass is 32.3. The van der Waals surface area contributed by atoms with Gasteiger partial charge in [0.05, 0.1) is 16.8 Å². The highest BCUT2D eigenvalue weighted by Crippen LogP contribution is 2.27. The van der Waals surface area contributed by atoms with Gasteiger partial charge in [0.25, 0.3) is 5.91 Å². The van der Waals surface area contributed by atoms with Crippen LogP contribution >= 0.6 is 0 Å². The van der Waals surface area contributed by atoms with Crippen molar-refractivity contribution in [3.8, 4) is 17.3 Å². The number of ether oxygens (including phenoxy) is 1. The van der Waals surface area contributed by atoms with Gasteiger partial charge in [-0.3, -0.25) is 4.79 Å². The third-order valence-electron chi connectivity index (χ3n) is 4.39. The molecule has 1 aliphatic rings. The molecule has 0 bridgehead atoms. The van der Waals surface area contributed by atoms with Gasteiger partial charge in [-0.1, -0.05) is 18.2 Å². The van der Waals surface area contributed by atoms with Gasteiger partial charge in [-0.05, 0) is 36.4 Å². The molecule has 142 valence electrons. The van der Waals surface area contributed by atoms with E-state index in [0.29, 0.717) is 24.5 Å². The van der Waals surface area contributed by atoms with Gasteiger partial charge in [-0.2, -0.15) is 4.98 Å². The van der Waals surface area contributed by atoms with Crippen molar-refractivity contribution in [1.82, 2.24) is 9.97 Å². The molecule has 7 nitrogen and oxygen atoms in total. The number of sulfone groups is 1. The lowest BCUT2D eigenvalue weighted by molar-refractivity contribution is 0.0989. The molecule has 0 N–H and O–H groups in total. The number of carbonyl (C=O) groups excluding carboxylic acids is 1. The minimum atomic E-state index is -3.28. The summed E-state index contributed by atoms with van der Waals surface area (Å²) in [6, 6.07) is 15.6. The molecule has 3 aromatic rings. The second-order valence-corrected chi connectivity index (χ2v) is 8.37. The average molecular weight is 395 g/mol. The summed E-state index contributed by atoms with van der Waals surface area (Å²) in [5.41, 5.74) is 1.71. The molecule has 2 aromatic carbocycles. The van der Waals surface area contributed by atoms with Crippen molar-refractivity contribution in [2.45, 2.75) is 4.90 Å². The predicted molar refractivity (Wildman–Crippen MR) is 104 cm³/mol. The second-order valence-electron chi connectivity index (χ2n) is 6.35. The monoisotopic (exact) mass is 395 g/mol. The van der Waals surface area contributed by atoms with Crippen LogP contribution in [0.4, 0.5) is 5.69 Å². The van der Waals surface area contributed by atoms with E-state index in [9.17, 15) is 13.6 Å². The Hall–Kier alpha value is -3.10. The Morgan fingerprint density at radius 1 is 1.11 bits per heavy atom. The fourth-order valence-electron chi connectivity index (χ4n) is 2.95. The van der Waals surface area contributed by atoms with Gasteiger partial charge < -0.3 is 14.2 Å². The number of benzene rings is 2. The summed E-state index contributed by atoms with van der Waals surface area (Å²) in [7, 11) is -3.28. The van der Waals surface area contributed by atoms with Gasteiger partial charge in [0, 0.05) is 17.4 Å². The molecule has 1 atom stereocenters. The highest BCUT2D eigenvalue weighted by Gasteiger charge is 2.26. The van der Waals surface area contributed by atoms with Crippen molar-refractivity contribution < 1.29 is 18.3 Å². The smallest absolute Gasteiger partial charge is 0.265 e. The third-order valence-corrected chi connectivity index (χ3v) is 5.52. The summed E-state index contributed by atoms with van der Waals surface area (Å²) >= 11 is 0. The Morgan fingerprint density at radius 2 is 1.82 bits per heavy atom. The lowest BCUT2D eigenvalue weighted by Gasteiger charge is -2.19. The van der Waals surface area contributed by atoms with Gasteiger partial charge in [0.2, 0.25) is 5.88 Å². The standard InChI is InChI=1S/C20H17N3O4S/c1-28(25,26)16-9-7-14(8-10-16)18-21-13-17-19(22-18)27-12-11-23(20(17)24)15-5-3-2-4-6-15/h2-10,13H,11-12H2,1H3. The number of aromatic nitrogens is 2. The maximum absolute atomic E-state index is 12.9. The molecule has 4 rings (SSSR count). The van der Waals surface area contributed by atoms with Crippen LogP contribution in [0.25, 0.3) is 11.4 Å². The Morgan fingerprint density at radius 3 is 2.50 bits per heavy atom. The highest BCUT2D eigenvalue weighted by molar-refractivity contribution is 7.97. The number of para-hydroxylation sites is 1. The van der Waals surface area contributed by atoms with Crippen LogP contribution in [0.2, 0.25) is 0 Å². The lowest BCUT2D eigenvalue weighted by atomic mass is 10.2. The topological polar surface area (TPSA) is 95.4 Å². The van der Waals surface area contributed by atoms with E-state index in [0.717, 1.165) is 11.9 Å². The molecule has 2 heterocycles. The molecule has 28 heavy (non-hydrogen) atoms. The van der Waals surface area contributed by atoms with Crippen molar-refractivity contribution in [3.63, 3.8) is 0 Å². The van der Waals surface area contributed by atoms with Crippen LogP contribution in [0.1, 0.15) is 10.4 Å². The SMILES string of the molecule is C[S+](=O)([O-])c1ccc(-c2ncc3c(n2)OCCN(c2ccccc2)C3=O)cc1. The van der Waals surface area contributed by atoms with Crippen LogP contribution in [0.5, 0.6) is 5.88 Å². The number of rotatable bonds is 3. The fourth-order valence-corrected chi connectivity index (χ4v) is 3.58. The number of fused-ring (bicyclic) bond motifs is 1. The number of nitrogens with zero attached hydrogens (tertiary/aromatic N) is 3. The molecule has 0 saturated carbocycles. The zero-order chi connectivity index (χ0) is 19.7. The van der Waals surface area contributed by atoms with Gasteiger partial charge in [0.15, 0.2) is 10.7 Å². The molecule has 8 heteroatoms. The number of hydrogen-bond acceptors (Lipinski definition) is 6. The van der Waals surface area contributed by atoms with Gasteiger partial charge in [-0.15, -0.1) is 4.21 Å². The molecule has 0 saturated heterocycles. The zero-order valence-corrected chi connectivity index (χ0v) is 15.9. The lowest BCUT2D eigenvalue weighted by Crippen LogP contribution is -2.32. The largest absolute Gasteiger partial charge is 0.610 e. The molecule has 0 radical (unpaired) electrons. The van der Waals surface area contributed by atoms with Crippen molar-refractivity contribution in [3.05, 3.63) is 66.4 Å². The molecule has 1 aromatic heterocycles. The number of carbonyl (C=O) groups is 1. The van der Waals surface area contributed by atoms with Crippen molar-refractivity contribution in [2.24, 2.45) is 0 Å². The summed E-state index contributed by atoms with van der Waals surface area (Å²) in [5, 5.41) is 0. The summed E-state index contributed by atoms with van der Waals surface area (Å²) in [5.74, 6) is 0.359. The van der Waals surface area contributed by atoms with Crippen LogP contribution in [-0.2, 0) is 14.4 Å². The third kappa shape index (κ3) is 3.51. The summed E-state index contributed by atoms with van der Waals surface area (Å²) in [6.45, 7) is 0.703. The number of amides is 1. The minimum absolute atomic E-state index is 0.218. The number of hydrogen-bond donors (Lipinski definition) is 0. The Bertz CT molecular complexity index is 1060. The average Bonchev–Trinajstić information content (AvgIpc) is 2.86. The molecule has 1 amide bonds. The van der Waals surface area contributed by atoms with E-state index in [1.165, 1.54) is 18.3 Å². The van der Waals surface area contributed by atoms with Crippen LogP contribution in [-0.4, -0.2) is 39.8 Å². The predicted octanol–water partition coefficient (Wildman–Crippen LogP) is 2.80. The van der Waals surface area contributed by atoms with E-state index in [-0.39, 0.29) is 22.2 Å². The first-order valence-electron chi connectivity index (χ1n) is 8.61. The molecule has 1 unspecified atom stereocenters. The normalized spacial score (nSPS) is 15.9. The molecule has 1 aliphatic heterocycles. The fraction of sp³-hybridized carbons (Fsp3) is 0.150. The van der Waals surface area contributed by atoms with Crippen molar-refractivity contribution in [1.29, 1.82) is 0 Å². The van der Waals surface area contributed by atoms with E-state index >= 15 is 0 Å². The van der Waals surface area contributed by atoms with E-state index in [4.69, 9.17) is 4.74 Å². The molecule has 0 fully saturated rings. The van der Waals surface area contributed by atoms with E-state index in [1.807, 2.05) is 30.3 Å². The van der Waals surface area contributed by atoms with Crippen molar-refractivity contribution in [2.75, 3.05) is 24.3 Å². The first-order valence-corrected chi connectivity index (χ1v) is 10.5. The van der Waals surface area contributed by atoms with Crippen LogP contribution in [0.3, 0.4) is 0 Å². The molecular weight excluding hydrogens is 378 g/mol. The van der Waals surface area contributed by atoms with Crippen LogP contribution in [0.15, 0.2) is 65.7 Å². The first-order chi connectivity index (χ1) is 13.4. The Labute approximate surface area is 163 Å². The quantitative estimate of drug-likeness (QED) is 0.633. The van der Waals surface area contributed by atoms with E-state index in [2.05, 4.69) is 9.97 Å². The van der Waals surface area contributed by atoms with Gasteiger partial charge in [0.1, 0.15) is 18.4 Å². The van der Waals surface area contributed by atoms with Crippen LogP contribution in [0, 0.1) is 0 Å². The Balaban J connectivity index is 1.67. The minimum Gasteiger partial charge on any atom is -0.610 e. The number of anilines is 1. The van der Waals surface area contributed by atoms with Gasteiger partial charge in [-0.25, -0.2) is 4.98 Å². The molecule has 0 spiro atoms. The van der Waals surface area contributed by atoms with Gasteiger partial charge >= 0.3 is 0 Å². The summed E-state index contributed by atoms with van der Waals surface area (Å²) in [4.78, 5) is 23.5. The molecular formula is C20H17N3O4S. The summed E-state index contributed by atoms with van der Waals surface area (Å²) < 4.78 is 28.9. The Kier molecular flexibility index (Phi) is 4.66. The van der Waals surface area contributed by atoms with Crippen molar-refractivity contribution >= 4 is 21.8 Å². The maximum atomic E-state index is 12.9. The van der Waals surface area contributed by atoms with E-state index in [1.54, 1.807) is 17.0 Å². The zero-order valence-electron chi connectivity index (χ0n) is 15.1. The second kappa shape index (κ2) is 7.14. The van der Waals surface area contributed by atoms with E-state index < -0.39 is 10.2 Å². The first kappa shape index (κ1) is 18.3.